The van der Waals surface area contributed by atoms with Crippen molar-refractivity contribution in [1.82, 2.24) is 4.98 Å². The summed E-state index contributed by atoms with van der Waals surface area (Å²) in [6.07, 6.45) is 1.54. The Labute approximate surface area is 145 Å². The van der Waals surface area contributed by atoms with Gasteiger partial charge in [-0.15, -0.1) is 0 Å². The summed E-state index contributed by atoms with van der Waals surface area (Å²) in [7, 11) is 0. The Bertz CT molecular complexity index is 933. The van der Waals surface area contributed by atoms with Gasteiger partial charge in [0.15, 0.2) is 0 Å². The van der Waals surface area contributed by atoms with E-state index in [1.54, 1.807) is 24.3 Å². The predicted molar refractivity (Wildman–Crippen MR) is 98.1 cm³/mol. The van der Waals surface area contributed by atoms with Gasteiger partial charge in [-0.05, 0) is 30.7 Å². The first kappa shape index (κ1) is 16.5. The van der Waals surface area contributed by atoms with Gasteiger partial charge in [0, 0.05) is 11.8 Å². The molecule has 0 bridgehead atoms. The highest BCUT2D eigenvalue weighted by Crippen LogP contribution is 2.26. The van der Waals surface area contributed by atoms with E-state index >= 15 is 0 Å². The third-order valence-corrected chi connectivity index (χ3v) is 3.71. The summed E-state index contributed by atoms with van der Waals surface area (Å²) in [5.41, 5.74) is 1.54. The number of ether oxygens (including phenoxy) is 1. The van der Waals surface area contributed by atoms with E-state index in [4.69, 9.17) is 4.74 Å². The fourth-order valence-electron chi connectivity index (χ4n) is 2.60. The van der Waals surface area contributed by atoms with Crippen molar-refractivity contribution in [3.8, 4) is 16.9 Å². The number of pyridine rings is 1. The van der Waals surface area contributed by atoms with Crippen LogP contribution in [0.2, 0.25) is 0 Å². The van der Waals surface area contributed by atoms with Crippen molar-refractivity contribution in [2.24, 2.45) is 0 Å². The van der Waals surface area contributed by atoms with Crippen LogP contribution in [0.4, 0.5) is 5.69 Å². The molecular formula is C20H18N2O3. The number of para-hydroxylation sites is 2. The number of carbonyl (C=O) groups excluding carboxylic acids is 1. The average molecular weight is 334 g/mol. The van der Waals surface area contributed by atoms with Crippen molar-refractivity contribution in [3.05, 3.63) is 82.8 Å². The van der Waals surface area contributed by atoms with Crippen LogP contribution in [0.5, 0.6) is 5.75 Å². The van der Waals surface area contributed by atoms with Crippen LogP contribution in [-0.2, 0) is 0 Å². The minimum atomic E-state index is -0.479. The smallest absolute Gasteiger partial charge is 0.262 e. The monoisotopic (exact) mass is 334 g/mol. The zero-order valence-electron chi connectivity index (χ0n) is 13.8. The Hall–Kier alpha value is -3.34. The lowest BCUT2D eigenvalue weighted by atomic mass is 10.0. The standard InChI is InChI=1S/C20H18N2O3/c1-2-25-17-11-7-6-10-16(17)22-20(24)18-15(12-13-21-19(18)23)14-8-4-3-5-9-14/h3-13H,2H2,1H3,(H,21,23)(H,22,24). The number of benzene rings is 2. The molecule has 25 heavy (non-hydrogen) atoms. The van der Waals surface area contributed by atoms with Gasteiger partial charge >= 0.3 is 0 Å². The van der Waals surface area contributed by atoms with Crippen molar-refractivity contribution < 1.29 is 9.53 Å². The highest BCUT2D eigenvalue weighted by molar-refractivity contribution is 6.09. The Morgan fingerprint density at radius 1 is 1.04 bits per heavy atom. The zero-order valence-corrected chi connectivity index (χ0v) is 13.8. The first-order valence-electron chi connectivity index (χ1n) is 8.01. The lowest BCUT2D eigenvalue weighted by molar-refractivity contribution is 0.102. The second kappa shape index (κ2) is 7.49. The van der Waals surface area contributed by atoms with E-state index in [2.05, 4.69) is 10.3 Å². The molecular weight excluding hydrogens is 316 g/mol. The molecule has 3 rings (SSSR count). The van der Waals surface area contributed by atoms with Crippen molar-refractivity contribution in [2.75, 3.05) is 11.9 Å². The molecule has 1 aromatic heterocycles. The SMILES string of the molecule is CCOc1ccccc1NC(=O)c1c(-c2ccccc2)cc[nH]c1=O. The van der Waals surface area contributed by atoms with Gasteiger partial charge in [-0.2, -0.15) is 0 Å². The van der Waals surface area contributed by atoms with E-state index in [-0.39, 0.29) is 5.56 Å². The van der Waals surface area contributed by atoms with Crippen LogP contribution in [0.1, 0.15) is 17.3 Å². The Morgan fingerprint density at radius 3 is 2.52 bits per heavy atom. The molecule has 0 aliphatic heterocycles. The van der Waals surface area contributed by atoms with Crippen molar-refractivity contribution in [1.29, 1.82) is 0 Å². The third kappa shape index (κ3) is 3.61. The highest BCUT2D eigenvalue weighted by atomic mass is 16.5. The topological polar surface area (TPSA) is 71.2 Å². The van der Waals surface area contributed by atoms with E-state index in [0.717, 1.165) is 5.56 Å². The minimum absolute atomic E-state index is 0.0694. The molecule has 0 atom stereocenters. The number of hydrogen-bond acceptors (Lipinski definition) is 3. The molecule has 3 aromatic rings. The van der Waals surface area contributed by atoms with Gasteiger partial charge in [-0.3, -0.25) is 9.59 Å². The second-order valence-electron chi connectivity index (χ2n) is 5.34. The molecule has 126 valence electrons. The Kier molecular flexibility index (Phi) is 4.95. The highest BCUT2D eigenvalue weighted by Gasteiger charge is 2.18. The maximum atomic E-state index is 12.8. The van der Waals surface area contributed by atoms with Crippen LogP contribution in [0, 0.1) is 0 Å². The molecule has 0 saturated heterocycles. The summed E-state index contributed by atoms with van der Waals surface area (Å²) >= 11 is 0. The van der Waals surface area contributed by atoms with E-state index < -0.39 is 11.5 Å². The van der Waals surface area contributed by atoms with Crippen LogP contribution in [-0.4, -0.2) is 17.5 Å². The normalized spacial score (nSPS) is 10.3. The van der Waals surface area contributed by atoms with Crippen molar-refractivity contribution >= 4 is 11.6 Å². The number of H-pyrrole nitrogens is 1. The number of nitrogens with one attached hydrogen (secondary N) is 2. The zero-order chi connectivity index (χ0) is 17.6. The van der Waals surface area contributed by atoms with Gasteiger partial charge in [-0.25, -0.2) is 0 Å². The molecule has 0 aliphatic rings. The van der Waals surface area contributed by atoms with Crippen LogP contribution >= 0.6 is 0 Å². The molecule has 5 heteroatoms. The molecule has 1 heterocycles. The average Bonchev–Trinajstić information content (AvgIpc) is 2.64. The number of carbonyl (C=O) groups is 1. The van der Waals surface area contributed by atoms with Gasteiger partial charge in [-0.1, -0.05) is 42.5 Å². The summed E-state index contributed by atoms with van der Waals surface area (Å²) in [6.45, 7) is 2.35. The summed E-state index contributed by atoms with van der Waals surface area (Å²) in [5.74, 6) is 0.0832. The van der Waals surface area contributed by atoms with Crippen LogP contribution < -0.4 is 15.6 Å². The number of aromatic amines is 1. The summed E-state index contributed by atoms with van der Waals surface area (Å²) in [4.78, 5) is 27.7. The number of rotatable bonds is 5. The summed E-state index contributed by atoms with van der Waals surface area (Å²) in [6, 6.07) is 18.2. The Balaban J connectivity index is 2.00. The first-order valence-corrected chi connectivity index (χ1v) is 8.01. The van der Waals surface area contributed by atoms with Crippen molar-refractivity contribution in [2.45, 2.75) is 6.92 Å². The molecule has 0 radical (unpaired) electrons. The van der Waals surface area contributed by atoms with Crippen LogP contribution in [0.15, 0.2) is 71.7 Å². The minimum Gasteiger partial charge on any atom is -0.492 e. The molecule has 0 saturated carbocycles. The largest absolute Gasteiger partial charge is 0.492 e. The first-order chi connectivity index (χ1) is 12.2. The molecule has 0 aliphatic carbocycles. The second-order valence-corrected chi connectivity index (χ2v) is 5.34. The van der Waals surface area contributed by atoms with Crippen LogP contribution in [0.25, 0.3) is 11.1 Å². The van der Waals surface area contributed by atoms with Gasteiger partial charge in [0.1, 0.15) is 11.3 Å². The molecule has 5 nitrogen and oxygen atoms in total. The number of hydrogen-bond donors (Lipinski definition) is 2. The molecule has 0 unspecified atom stereocenters. The lowest BCUT2D eigenvalue weighted by Crippen LogP contribution is -2.24. The van der Waals surface area contributed by atoms with Gasteiger partial charge in [0.2, 0.25) is 0 Å². The number of anilines is 1. The van der Waals surface area contributed by atoms with E-state index in [0.29, 0.717) is 23.6 Å². The van der Waals surface area contributed by atoms with Crippen molar-refractivity contribution in [3.63, 3.8) is 0 Å². The maximum absolute atomic E-state index is 12.8. The molecule has 2 aromatic carbocycles. The van der Waals surface area contributed by atoms with Gasteiger partial charge < -0.3 is 15.0 Å². The van der Waals surface area contributed by atoms with Gasteiger partial charge in [0.05, 0.1) is 12.3 Å². The molecule has 0 spiro atoms. The van der Waals surface area contributed by atoms with Gasteiger partial charge in [0.25, 0.3) is 11.5 Å². The summed E-state index contributed by atoms with van der Waals surface area (Å²) in [5, 5.41) is 2.78. The fraction of sp³-hybridized carbons (Fsp3) is 0.100. The lowest BCUT2D eigenvalue weighted by Gasteiger charge is -2.13. The summed E-state index contributed by atoms with van der Waals surface area (Å²) < 4.78 is 5.52. The number of amides is 1. The molecule has 1 amide bonds. The Morgan fingerprint density at radius 2 is 1.76 bits per heavy atom. The van der Waals surface area contributed by atoms with E-state index in [9.17, 15) is 9.59 Å². The van der Waals surface area contributed by atoms with Crippen LogP contribution in [0.3, 0.4) is 0 Å². The predicted octanol–water partition coefficient (Wildman–Crippen LogP) is 3.69. The quantitative estimate of drug-likeness (QED) is 0.747. The maximum Gasteiger partial charge on any atom is 0.262 e. The van der Waals surface area contributed by atoms with E-state index in [1.807, 2.05) is 43.3 Å². The molecule has 2 N–H and O–H groups in total. The third-order valence-electron chi connectivity index (χ3n) is 3.71. The molecule has 0 fully saturated rings. The fourth-order valence-corrected chi connectivity index (χ4v) is 2.60. The van der Waals surface area contributed by atoms with E-state index in [1.165, 1.54) is 6.20 Å². The number of aromatic nitrogens is 1.